The second kappa shape index (κ2) is 10.5. The molecule has 0 aromatic heterocycles. The Morgan fingerprint density at radius 2 is 1.79 bits per heavy atom. The van der Waals surface area contributed by atoms with Crippen LogP contribution in [0.4, 0.5) is 5.69 Å². The van der Waals surface area contributed by atoms with E-state index in [0.29, 0.717) is 44.6 Å². The number of para-hydroxylation sites is 1. The molecular weight excluding hydrogens is 460 g/mol. The average molecular weight is 481 g/mol. The minimum absolute atomic E-state index is 0.223. The van der Waals surface area contributed by atoms with Gasteiger partial charge in [0.05, 0.1) is 19.1 Å². The van der Waals surface area contributed by atoms with E-state index >= 15 is 0 Å². The van der Waals surface area contributed by atoms with Crippen LogP contribution in [0.3, 0.4) is 0 Å². The van der Waals surface area contributed by atoms with Crippen molar-refractivity contribution >= 4 is 46.2 Å². The summed E-state index contributed by atoms with van der Waals surface area (Å²) in [6, 6.07) is 20.4. The predicted octanol–water partition coefficient (Wildman–Crippen LogP) is 5.83. The van der Waals surface area contributed by atoms with Crippen LogP contribution in [0.5, 0.6) is 17.2 Å². The van der Waals surface area contributed by atoms with Gasteiger partial charge in [0, 0.05) is 16.7 Å². The first-order chi connectivity index (χ1) is 16.1. The zero-order valence-electron chi connectivity index (χ0n) is 18.0. The van der Waals surface area contributed by atoms with Gasteiger partial charge in [-0.25, -0.2) is 4.99 Å². The van der Waals surface area contributed by atoms with Gasteiger partial charge in [-0.05, 0) is 53.7 Å². The standard InChI is InChI=1S/C25H21ClN2O4S/c1-30-19-11-12-20(22(14-19)31-2)27-25-28-24(29)23(33-25)13-17-5-3-4-6-21(17)32-15-16-7-9-18(26)10-8-16/h3-14H,15H2,1-2H3,(H,27,28,29)/b23-13-. The third-order valence-corrected chi connectivity index (χ3v) is 5.93. The lowest BCUT2D eigenvalue weighted by atomic mass is 10.2. The Balaban J connectivity index is 1.53. The number of ether oxygens (including phenoxy) is 3. The molecule has 1 aliphatic heterocycles. The number of carbonyl (C=O) groups excluding carboxylic acids is 1. The third kappa shape index (κ3) is 5.69. The SMILES string of the molecule is COc1ccc(N=C2NC(=O)/C(=C/c3ccccc3OCc3ccc(Cl)cc3)S2)c(OC)c1. The zero-order chi connectivity index (χ0) is 23.2. The van der Waals surface area contributed by atoms with Crippen LogP contribution in [-0.4, -0.2) is 25.3 Å². The lowest BCUT2D eigenvalue weighted by molar-refractivity contribution is -0.115. The fourth-order valence-corrected chi connectivity index (χ4v) is 4.03. The highest BCUT2D eigenvalue weighted by molar-refractivity contribution is 8.18. The molecule has 1 saturated heterocycles. The number of amides is 1. The lowest BCUT2D eigenvalue weighted by Crippen LogP contribution is -2.19. The Bertz CT molecular complexity index is 1230. The highest BCUT2D eigenvalue weighted by atomic mass is 35.5. The van der Waals surface area contributed by atoms with Crippen molar-refractivity contribution in [3.8, 4) is 17.2 Å². The summed E-state index contributed by atoms with van der Waals surface area (Å²) in [6.45, 7) is 0.390. The van der Waals surface area contributed by atoms with Crippen molar-refractivity contribution in [3.63, 3.8) is 0 Å². The fraction of sp³-hybridized carbons (Fsp3) is 0.120. The van der Waals surface area contributed by atoms with Gasteiger partial charge < -0.3 is 19.5 Å². The number of benzene rings is 3. The summed E-state index contributed by atoms with van der Waals surface area (Å²) in [7, 11) is 3.15. The van der Waals surface area contributed by atoms with E-state index in [-0.39, 0.29) is 5.91 Å². The molecule has 0 atom stereocenters. The summed E-state index contributed by atoms with van der Waals surface area (Å²) in [5, 5.41) is 3.95. The van der Waals surface area contributed by atoms with Gasteiger partial charge in [0.1, 0.15) is 29.5 Å². The fourth-order valence-electron chi connectivity index (χ4n) is 3.08. The highest BCUT2D eigenvalue weighted by Gasteiger charge is 2.24. The number of carbonyl (C=O) groups is 1. The normalized spacial score (nSPS) is 15.5. The molecule has 0 unspecified atom stereocenters. The number of hydrogen-bond acceptors (Lipinski definition) is 6. The van der Waals surface area contributed by atoms with E-state index < -0.39 is 0 Å². The Kier molecular flexibility index (Phi) is 7.22. The molecule has 1 aliphatic rings. The molecule has 1 N–H and O–H groups in total. The first-order valence-electron chi connectivity index (χ1n) is 10.0. The molecule has 1 fully saturated rings. The molecule has 1 heterocycles. The number of hydrogen-bond donors (Lipinski definition) is 1. The minimum Gasteiger partial charge on any atom is -0.497 e. The quantitative estimate of drug-likeness (QED) is 0.431. The van der Waals surface area contributed by atoms with E-state index in [4.69, 9.17) is 25.8 Å². The first-order valence-corrected chi connectivity index (χ1v) is 11.2. The molecule has 3 aromatic carbocycles. The first kappa shape index (κ1) is 22.8. The number of amidine groups is 1. The number of nitrogens with zero attached hydrogens (tertiary/aromatic N) is 1. The second-order valence-corrected chi connectivity index (χ2v) is 8.44. The van der Waals surface area contributed by atoms with Crippen LogP contribution in [0.1, 0.15) is 11.1 Å². The molecule has 1 amide bonds. The summed E-state index contributed by atoms with van der Waals surface area (Å²) in [4.78, 5) is 17.6. The van der Waals surface area contributed by atoms with Crippen LogP contribution >= 0.6 is 23.4 Å². The maximum Gasteiger partial charge on any atom is 0.264 e. The number of aliphatic imine (C=N–C) groups is 1. The van der Waals surface area contributed by atoms with Crippen LogP contribution in [0.15, 0.2) is 76.6 Å². The number of methoxy groups -OCH3 is 2. The summed E-state index contributed by atoms with van der Waals surface area (Å²) in [5.74, 6) is 1.67. The Hall–Kier alpha value is -3.42. The largest absolute Gasteiger partial charge is 0.497 e. The van der Waals surface area contributed by atoms with Gasteiger partial charge in [-0.1, -0.05) is 41.9 Å². The molecule has 0 bridgehead atoms. The Morgan fingerprint density at radius 1 is 1.00 bits per heavy atom. The molecule has 8 heteroatoms. The van der Waals surface area contributed by atoms with E-state index in [1.54, 1.807) is 38.5 Å². The van der Waals surface area contributed by atoms with E-state index in [2.05, 4.69) is 10.3 Å². The predicted molar refractivity (Wildman–Crippen MR) is 133 cm³/mol. The number of thioether (sulfide) groups is 1. The van der Waals surface area contributed by atoms with Gasteiger partial charge in [0.2, 0.25) is 0 Å². The van der Waals surface area contributed by atoms with Crippen molar-refractivity contribution in [2.75, 3.05) is 14.2 Å². The molecule has 4 rings (SSSR count). The summed E-state index contributed by atoms with van der Waals surface area (Å²) in [5.41, 5.74) is 2.39. The van der Waals surface area contributed by atoms with Crippen LogP contribution in [-0.2, 0) is 11.4 Å². The van der Waals surface area contributed by atoms with E-state index in [0.717, 1.165) is 11.1 Å². The number of halogens is 1. The van der Waals surface area contributed by atoms with Gasteiger partial charge in [0.25, 0.3) is 5.91 Å². The van der Waals surface area contributed by atoms with Crippen molar-refractivity contribution in [2.24, 2.45) is 4.99 Å². The number of rotatable bonds is 7. The average Bonchev–Trinajstić information content (AvgIpc) is 3.18. The van der Waals surface area contributed by atoms with Gasteiger partial charge in [-0.15, -0.1) is 0 Å². The summed E-state index contributed by atoms with van der Waals surface area (Å²) < 4.78 is 16.6. The third-order valence-electron chi connectivity index (χ3n) is 4.77. The Labute approximate surface area is 201 Å². The summed E-state index contributed by atoms with van der Waals surface area (Å²) in [6.07, 6.45) is 1.80. The Morgan fingerprint density at radius 3 is 2.55 bits per heavy atom. The molecule has 0 spiro atoms. The maximum absolute atomic E-state index is 12.6. The summed E-state index contributed by atoms with van der Waals surface area (Å²) >= 11 is 7.20. The van der Waals surface area contributed by atoms with Crippen molar-refractivity contribution in [1.82, 2.24) is 5.32 Å². The van der Waals surface area contributed by atoms with Gasteiger partial charge in [-0.2, -0.15) is 0 Å². The molecule has 0 aliphatic carbocycles. The van der Waals surface area contributed by atoms with E-state index in [1.165, 1.54) is 11.8 Å². The highest BCUT2D eigenvalue weighted by Crippen LogP contribution is 2.35. The van der Waals surface area contributed by atoms with Gasteiger partial charge >= 0.3 is 0 Å². The van der Waals surface area contributed by atoms with Gasteiger partial charge in [-0.3, -0.25) is 4.79 Å². The van der Waals surface area contributed by atoms with Crippen LogP contribution in [0.2, 0.25) is 5.02 Å². The van der Waals surface area contributed by atoms with Gasteiger partial charge in [0.15, 0.2) is 5.17 Å². The molecular formula is C25H21ClN2O4S. The lowest BCUT2D eigenvalue weighted by Gasteiger charge is -2.09. The maximum atomic E-state index is 12.6. The van der Waals surface area contributed by atoms with Crippen molar-refractivity contribution in [2.45, 2.75) is 6.61 Å². The van der Waals surface area contributed by atoms with E-state index in [1.807, 2.05) is 48.5 Å². The molecule has 33 heavy (non-hydrogen) atoms. The topological polar surface area (TPSA) is 69.2 Å². The van der Waals surface area contributed by atoms with Crippen molar-refractivity contribution in [3.05, 3.63) is 87.8 Å². The monoisotopic (exact) mass is 480 g/mol. The number of nitrogens with one attached hydrogen (secondary N) is 1. The zero-order valence-corrected chi connectivity index (χ0v) is 19.6. The molecule has 0 saturated carbocycles. The smallest absolute Gasteiger partial charge is 0.264 e. The van der Waals surface area contributed by atoms with Crippen molar-refractivity contribution in [1.29, 1.82) is 0 Å². The van der Waals surface area contributed by atoms with Crippen molar-refractivity contribution < 1.29 is 19.0 Å². The van der Waals surface area contributed by atoms with Crippen LogP contribution in [0, 0.1) is 0 Å². The minimum atomic E-state index is -0.223. The molecule has 168 valence electrons. The van der Waals surface area contributed by atoms with E-state index in [9.17, 15) is 4.79 Å². The van der Waals surface area contributed by atoms with Crippen LogP contribution in [0.25, 0.3) is 6.08 Å². The second-order valence-electron chi connectivity index (χ2n) is 6.97. The van der Waals surface area contributed by atoms with Crippen LogP contribution < -0.4 is 19.5 Å². The molecule has 3 aromatic rings. The molecule has 0 radical (unpaired) electrons. The molecule has 6 nitrogen and oxygen atoms in total.